The van der Waals surface area contributed by atoms with Crippen molar-refractivity contribution in [3.63, 3.8) is 0 Å². The van der Waals surface area contributed by atoms with Gasteiger partial charge in [0, 0.05) is 13.1 Å². The van der Waals surface area contributed by atoms with E-state index in [1.807, 2.05) is 25.7 Å². The summed E-state index contributed by atoms with van der Waals surface area (Å²) < 4.78 is 29.7. The van der Waals surface area contributed by atoms with Gasteiger partial charge in [0.1, 0.15) is 12.3 Å². The van der Waals surface area contributed by atoms with Crippen molar-refractivity contribution in [2.75, 3.05) is 33.0 Å². The highest BCUT2D eigenvalue weighted by Gasteiger charge is 2.18. The van der Waals surface area contributed by atoms with Gasteiger partial charge < -0.3 is 14.2 Å². The zero-order valence-electron chi connectivity index (χ0n) is 13.2. The van der Waals surface area contributed by atoms with Crippen molar-refractivity contribution < 1.29 is 23.4 Å². The van der Waals surface area contributed by atoms with Crippen LogP contribution in [-0.4, -0.2) is 49.5 Å². The Bertz CT molecular complexity index is 521. The van der Waals surface area contributed by atoms with Crippen LogP contribution in [0.25, 0.3) is 0 Å². The van der Waals surface area contributed by atoms with Crippen molar-refractivity contribution in [3.05, 3.63) is 29.6 Å². The van der Waals surface area contributed by atoms with Gasteiger partial charge in [0.2, 0.25) is 0 Å². The Kier molecular flexibility index (Phi) is 5.37. The number of carbonyl (C=O) groups excluding carboxylic acids is 1. The minimum atomic E-state index is -0.544. The molecule has 0 unspecified atom stereocenters. The van der Waals surface area contributed by atoms with E-state index in [9.17, 15) is 9.18 Å². The molecule has 0 aromatic heterocycles. The number of hydrogen-bond donors (Lipinski definition) is 0. The first-order valence-electron chi connectivity index (χ1n) is 7.31. The molecule has 0 amide bonds. The van der Waals surface area contributed by atoms with Gasteiger partial charge in [0.05, 0.1) is 18.8 Å². The lowest BCUT2D eigenvalue weighted by Gasteiger charge is -2.26. The van der Waals surface area contributed by atoms with Crippen molar-refractivity contribution >= 4 is 5.97 Å². The summed E-state index contributed by atoms with van der Waals surface area (Å²) >= 11 is 0. The van der Waals surface area contributed by atoms with E-state index in [-0.39, 0.29) is 18.0 Å². The van der Waals surface area contributed by atoms with Gasteiger partial charge in [-0.1, -0.05) is 0 Å². The van der Waals surface area contributed by atoms with E-state index in [1.54, 1.807) is 0 Å². The van der Waals surface area contributed by atoms with Crippen LogP contribution in [0, 0.1) is 5.82 Å². The van der Waals surface area contributed by atoms with Crippen LogP contribution >= 0.6 is 0 Å². The molecule has 0 aliphatic carbocycles. The number of rotatable bonds is 4. The first kappa shape index (κ1) is 16.7. The van der Waals surface area contributed by atoms with Crippen molar-refractivity contribution in [2.24, 2.45) is 0 Å². The van der Waals surface area contributed by atoms with Gasteiger partial charge in [-0.15, -0.1) is 0 Å². The number of benzene rings is 1. The van der Waals surface area contributed by atoms with E-state index in [4.69, 9.17) is 14.2 Å². The van der Waals surface area contributed by atoms with E-state index in [1.165, 1.54) is 18.2 Å². The van der Waals surface area contributed by atoms with E-state index < -0.39 is 17.4 Å². The Labute approximate surface area is 130 Å². The summed E-state index contributed by atoms with van der Waals surface area (Å²) in [6, 6.07) is 3.99. The van der Waals surface area contributed by atoms with E-state index >= 15 is 0 Å². The highest BCUT2D eigenvalue weighted by atomic mass is 19.1. The van der Waals surface area contributed by atoms with Crippen LogP contribution in [-0.2, 0) is 9.47 Å². The minimum absolute atomic E-state index is 0.0494. The molecular weight excluding hydrogens is 289 g/mol. The number of halogens is 1. The van der Waals surface area contributed by atoms with E-state index in [0.29, 0.717) is 13.2 Å². The van der Waals surface area contributed by atoms with Gasteiger partial charge in [0.25, 0.3) is 0 Å². The molecule has 122 valence electrons. The topological polar surface area (TPSA) is 48.0 Å². The molecule has 2 rings (SSSR count). The molecule has 5 nitrogen and oxygen atoms in total. The second-order valence-electron chi connectivity index (χ2n) is 6.15. The fraction of sp³-hybridized carbons (Fsp3) is 0.562. The Hall–Kier alpha value is -1.66. The van der Waals surface area contributed by atoms with Crippen LogP contribution in [0.1, 0.15) is 31.1 Å². The van der Waals surface area contributed by atoms with Crippen molar-refractivity contribution in [3.8, 4) is 5.75 Å². The summed E-state index contributed by atoms with van der Waals surface area (Å²) in [7, 11) is 0. The van der Waals surface area contributed by atoms with Crippen LogP contribution in [0.5, 0.6) is 5.75 Å². The van der Waals surface area contributed by atoms with Gasteiger partial charge in [0.15, 0.2) is 11.6 Å². The number of hydrogen-bond acceptors (Lipinski definition) is 5. The largest absolute Gasteiger partial charge is 0.485 e. The molecule has 1 heterocycles. The predicted molar refractivity (Wildman–Crippen MR) is 79.5 cm³/mol. The molecular formula is C16H22FNO4. The number of esters is 1. The number of carbonyl (C=O) groups is 1. The molecule has 0 saturated carbocycles. The number of ether oxygens (including phenoxy) is 3. The highest BCUT2D eigenvalue weighted by molar-refractivity contribution is 5.89. The molecule has 0 atom stereocenters. The lowest BCUT2D eigenvalue weighted by molar-refractivity contribution is -0.0209. The van der Waals surface area contributed by atoms with Crippen molar-refractivity contribution in [2.45, 2.75) is 26.4 Å². The summed E-state index contributed by atoms with van der Waals surface area (Å²) in [4.78, 5) is 14.0. The lowest BCUT2D eigenvalue weighted by Crippen LogP contribution is -2.38. The molecule has 6 heteroatoms. The maximum atomic E-state index is 13.7. The summed E-state index contributed by atoms with van der Waals surface area (Å²) in [6.45, 7) is 8.39. The maximum absolute atomic E-state index is 13.7. The smallest absolute Gasteiger partial charge is 0.339 e. The number of nitrogens with zero attached hydrogens (tertiary/aromatic N) is 1. The summed E-state index contributed by atoms with van der Waals surface area (Å²) in [6.07, 6.45) is 0. The van der Waals surface area contributed by atoms with Crippen LogP contribution in [0.2, 0.25) is 0 Å². The molecule has 22 heavy (non-hydrogen) atoms. The molecule has 1 aromatic carbocycles. The Morgan fingerprint density at radius 1 is 1.32 bits per heavy atom. The van der Waals surface area contributed by atoms with E-state index in [0.717, 1.165) is 13.1 Å². The van der Waals surface area contributed by atoms with Crippen molar-refractivity contribution in [1.29, 1.82) is 0 Å². The highest BCUT2D eigenvalue weighted by Crippen LogP contribution is 2.23. The zero-order valence-corrected chi connectivity index (χ0v) is 13.2. The summed E-state index contributed by atoms with van der Waals surface area (Å²) in [5, 5.41) is 0. The standard InChI is InChI=1S/C16H22FNO4/c1-16(2,3)22-14-10-12(4-5-13(14)17)15(19)21-11-18-6-8-20-9-7-18/h4-5,10H,6-9,11H2,1-3H3. The molecule has 1 fully saturated rings. The van der Waals surface area contributed by atoms with E-state index in [2.05, 4.69) is 0 Å². The molecule has 0 spiro atoms. The fourth-order valence-corrected chi connectivity index (χ4v) is 2.00. The normalized spacial score (nSPS) is 16.4. The average molecular weight is 311 g/mol. The second-order valence-corrected chi connectivity index (χ2v) is 6.15. The average Bonchev–Trinajstić information content (AvgIpc) is 2.47. The first-order valence-corrected chi connectivity index (χ1v) is 7.31. The fourth-order valence-electron chi connectivity index (χ4n) is 2.00. The van der Waals surface area contributed by atoms with Gasteiger partial charge in [-0.25, -0.2) is 9.18 Å². The molecule has 0 N–H and O–H groups in total. The van der Waals surface area contributed by atoms with Crippen LogP contribution < -0.4 is 4.74 Å². The molecule has 1 aromatic rings. The molecule has 1 aliphatic rings. The molecule has 1 saturated heterocycles. The van der Waals surface area contributed by atoms with Gasteiger partial charge in [-0.3, -0.25) is 4.90 Å². The third kappa shape index (κ3) is 4.96. The quantitative estimate of drug-likeness (QED) is 0.799. The third-order valence-corrected chi connectivity index (χ3v) is 3.06. The maximum Gasteiger partial charge on any atom is 0.339 e. The molecule has 1 aliphatic heterocycles. The lowest BCUT2D eigenvalue weighted by atomic mass is 10.1. The zero-order chi connectivity index (χ0) is 16.2. The predicted octanol–water partition coefficient (Wildman–Crippen LogP) is 2.45. The monoisotopic (exact) mass is 311 g/mol. The van der Waals surface area contributed by atoms with Crippen LogP contribution in [0.4, 0.5) is 4.39 Å². The minimum Gasteiger partial charge on any atom is -0.485 e. The van der Waals surface area contributed by atoms with Crippen LogP contribution in [0.3, 0.4) is 0 Å². The Balaban J connectivity index is 1.98. The molecule has 0 radical (unpaired) electrons. The second kappa shape index (κ2) is 7.07. The van der Waals surface area contributed by atoms with Crippen LogP contribution in [0.15, 0.2) is 18.2 Å². The summed E-state index contributed by atoms with van der Waals surface area (Å²) in [5.41, 5.74) is -0.272. The third-order valence-electron chi connectivity index (χ3n) is 3.06. The Morgan fingerprint density at radius 3 is 2.64 bits per heavy atom. The SMILES string of the molecule is CC(C)(C)Oc1cc(C(=O)OCN2CCOCC2)ccc1F. The first-order chi connectivity index (χ1) is 10.3. The van der Waals surface area contributed by atoms with Gasteiger partial charge >= 0.3 is 5.97 Å². The number of morpholine rings is 1. The van der Waals surface area contributed by atoms with Gasteiger partial charge in [-0.05, 0) is 39.0 Å². The van der Waals surface area contributed by atoms with Gasteiger partial charge in [-0.2, -0.15) is 0 Å². The van der Waals surface area contributed by atoms with Crippen molar-refractivity contribution in [1.82, 2.24) is 4.90 Å². The summed E-state index contributed by atoms with van der Waals surface area (Å²) in [5.74, 6) is -0.946. The Morgan fingerprint density at radius 2 is 2.00 bits per heavy atom. The molecule has 0 bridgehead atoms.